The van der Waals surface area contributed by atoms with E-state index >= 15 is 0 Å². The SMILES string of the molecule is COCC1(C(=O)N2CCc3oc(-c4cccnc4)nc3C2)CCC1. The van der Waals surface area contributed by atoms with Gasteiger partial charge >= 0.3 is 0 Å². The van der Waals surface area contributed by atoms with E-state index in [9.17, 15) is 4.79 Å². The van der Waals surface area contributed by atoms with Gasteiger partial charge in [-0.2, -0.15) is 0 Å². The predicted octanol–water partition coefficient (Wildman–Crippen LogP) is 2.44. The van der Waals surface area contributed by atoms with Gasteiger partial charge in [0.05, 0.1) is 24.1 Å². The Hall–Kier alpha value is -2.21. The lowest BCUT2D eigenvalue weighted by Crippen LogP contribution is -2.51. The van der Waals surface area contributed by atoms with Crippen LogP contribution in [0.25, 0.3) is 11.5 Å². The molecule has 1 fully saturated rings. The van der Waals surface area contributed by atoms with E-state index in [0.29, 0.717) is 32.0 Å². The molecule has 0 bridgehead atoms. The normalized spacial score (nSPS) is 18.8. The number of hydrogen-bond donors (Lipinski definition) is 0. The van der Waals surface area contributed by atoms with Crippen LogP contribution in [0, 0.1) is 5.41 Å². The molecule has 1 aliphatic carbocycles. The van der Waals surface area contributed by atoms with Gasteiger partial charge in [0.25, 0.3) is 0 Å². The monoisotopic (exact) mass is 327 g/mol. The van der Waals surface area contributed by atoms with Crippen molar-refractivity contribution in [3.8, 4) is 11.5 Å². The van der Waals surface area contributed by atoms with Gasteiger partial charge in [-0.05, 0) is 25.0 Å². The lowest BCUT2D eigenvalue weighted by molar-refractivity contribution is -0.153. The first-order valence-corrected chi connectivity index (χ1v) is 8.39. The third kappa shape index (κ3) is 2.51. The zero-order valence-corrected chi connectivity index (χ0v) is 13.8. The van der Waals surface area contributed by atoms with Gasteiger partial charge in [0.2, 0.25) is 11.8 Å². The number of oxazole rings is 1. The fourth-order valence-corrected chi connectivity index (χ4v) is 3.62. The summed E-state index contributed by atoms with van der Waals surface area (Å²) in [6.07, 6.45) is 7.11. The number of carbonyl (C=O) groups is 1. The van der Waals surface area contributed by atoms with Gasteiger partial charge in [-0.25, -0.2) is 4.98 Å². The van der Waals surface area contributed by atoms with Crippen LogP contribution in [-0.2, 0) is 22.5 Å². The lowest BCUT2D eigenvalue weighted by Gasteiger charge is -2.43. The highest BCUT2D eigenvalue weighted by Crippen LogP contribution is 2.43. The summed E-state index contributed by atoms with van der Waals surface area (Å²) < 4.78 is 11.2. The molecule has 0 radical (unpaired) electrons. The van der Waals surface area contributed by atoms with E-state index < -0.39 is 0 Å². The Balaban J connectivity index is 1.54. The molecule has 0 aromatic carbocycles. The minimum Gasteiger partial charge on any atom is -0.441 e. The molecular formula is C18H21N3O3. The standard InChI is InChI=1S/C18H21N3O3/c1-23-12-18(6-3-7-18)17(22)21-9-5-15-14(11-21)20-16(24-15)13-4-2-8-19-10-13/h2,4,8,10H,3,5-7,9,11-12H2,1H3. The highest BCUT2D eigenvalue weighted by Gasteiger charge is 2.47. The third-order valence-corrected chi connectivity index (χ3v) is 5.11. The smallest absolute Gasteiger partial charge is 0.231 e. The van der Waals surface area contributed by atoms with E-state index in [0.717, 1.165) is 36.3 Å². The number of hydrogen-bond acceptors (Lipinski definition) is 5. The first-order chi connectivity index (χ1) is 11.7. The van der Waals surface area contributed by atoms with Gasteiger partial charge in [0.1, 0.15) is 11.5 Å². The van der Waals surface area contributed by atoms with Crippen molar-refractivity contribution in [1.29, 1.82) is 0 Å². The van der Waals surface area contributed by atoms with Crippen LogP contribution in [0.2, 0.25) is 0 Å². The molecule has 126 valence electrons. The van der Waals surface area contributed by atoms with Gasteiger partial charge in [-0.1, -0.05) is 6.42 Å². The summed E-state index contributed by atoms with van der Waals surface area (Å²) in [5.41, 5.74) is 1.40. The van der Waals surface area contributed by atoms with Crippen molar-refractivity contribution in [3.63, 3.8) is 0 Å². The van der Waals surface area contributed by atoms with E-state index in [1.807, 2.05) is 17.0 Å². The molecular weight excluding hydrogens is 306 g/mol. The number of nitrogens with zero attached hydrogens (tertiary/aromatic N) is 3. The first-order valence-electron chi connectivity index (χ1n) is 8.39. The largest absolute Gasteiger partial charge is 0.441 e. The maximum Gasteiger partial charge on any atom is 0.231 e. The van der Waals surface area contributed by atoms with Crippen LogP contribution in [0.1, 0.15) is 30.7 Å². The van der Waals surface area contributed by atoms with Crippen LogP contribution in [0.3, 0.4) is 0 Å². The van der Waals surface area contributed by atoms with Crippen LogP contribution in [0.4, 0.5) is 0 Å². The first kappa shape index (κ1) is 15.3. The molecule has 0 N–H and O–H groups in total. The van der Waals surface area contributed by atoms with Crippen molar-refractivity contribution in [2.24, 2.45) is 5.41 Å². The lowest BCUT2D eigenvalue weighted by atomic mass is 9.68. The molecule has 1 saturated carbocycles. The second kappa shape index (κ2) is 6.02. The summed E-state index contributed by atoms with van der Waals surface area (Å²) in [7, 11) is 1.67. The molecule has 24 heavy (non-hydrogen) atoms. The van der Waals surface area contributed by atoms with Gasteiger partial charge in [0, 0.05) is 32.5 Å². The van der Waals surface area contributed by atoms with E-state index in [-0.39, 0.29) is 11.3 Å². The van der Waals surface area contributed by atoms with E-state index in [4.69, 9.17) is 9.15 Å². The van der Waals surface area contributed by atoms with Crippen LogP contribution in [0.5, 0.6) is 0 Å². The molecule has 0 unspecified atom stereocenters. The molecule has 4 rings (SSSR count). The van der Waals surface area contributed by atoms with Crippen molar-refractivity contribution in [2.45, 2.75) is 32.2 Å². The molecule has 3 heterocycles. The van der Waals surface area contributed by atoms with Gasteiger partial charge in [-0.3, -0.25) is 9.78 Å². The molecule has 0 atom stereocenters. The number of aromatic nitrogens is 2. The molecule has 0 saturated heterocycles. The summed E-state index contributed by atoms with van der Waals surface area (Å²) in [4.78, 5) is 23.6. The van der Waals surface area contributed by atoms with Crippen molar-refractivity contribution < 1.29 is 13.9 Å². The maximum absolute atomic E-state index is 13.0. The Morgan fingerprint density at radius 1 is 1.46 bits per heavy atom. The minimum absolute atomic E-state index is 0.201. The van der Waals surface area contributed by atoms with Crippen LogP contribution < -0.4 is 0 Å². The van der Waals surface area contributed by atoms with Gasteiger partial charge in [-0.15, -0.1) is 0 Å². The van der Waals surface area contributed by atoms with E-state index in [1.165, 1.54) is 0 Å². The van der Waals surface area contributed by atoms with E-state index in [1.54, 1.807) is 19.5 Å². The van der Waals surface area contributed by atoms with Crippen molar-refractivity contribution in [3.05, 3.63) is 36.0 Å². The summed E-state index contributed by atoms with van der Waals surface area (Å²) in [5, 5.41) is 0. The third-order valence-electron chi connectivity index (χ3n) is 5.11. The molecule has 2 aromatic heterocycles. The number of fused-ring (bicyclic) bond motifs is 1. The molecule has 0 spiro atoms. The Labute approximate surface area is 140 Å². The van der Waals surface area contributed by atoms with Crippen molar-refractivity contribution in [2.75, 3.05) is 20.3 Å². The second-order valence-electron chi connectivity index (χ2n) is 6.67. The summed E-state index contributed by atoms with van der Waals surface area (Å²) >= 11 is 0. The van der Waals surface area contributed by atoms with Crippen molar-refractivity contribution in [1.82, 2.24) is 14.9 Å². The van der Waals surface area contributed by atoms with Crippen LogP contribution >= 0.6 is 0 Å². The number of carbonyl (C=O) groups excluding carboxylic acids is 1. The van der Waals surface area contributed by atoms with Gasteiger partial charge < -0.3 is 14.1 Å². The van der Waals surface area contributed by atoms with Crippen molar-refractivity contribution >= 4 is 5.91 Å². The topological polar surface area (TPSA) is 68.5 Å². The fraction of sp³-hybridized carbons (Fsp3) is 0.500. The highest BCUT2D eigenvalue weighted by molar-refractivity contribution is 5.84. The Morgan fingerprint density at radius 2 is 2.33 bits per heavy atom. The summed E-state index contributed by atoms with van der Waals surface area (Å²) in [6.45, 7) is 1.71. The molecule has 2 aromatic rings. The predicted molar refractivity (Wildman–Crippen MR) is 87.0 cm³/mol. The number of pyridine rings is 1. The number of methoxy groups -OCH3 is 1. The number of rotatable bonds is 4. The minimum atomic E-state index is -0.317. The van der Waals surface area contributed by atoms with E-state index in [2.05, 4.69) is 9.97 Å². The van der Waals surface area contributed by atoms with Crippen LogP contribution in [0.15, 0.2) is 28.9 Å². The average Bonchev–Trinajstić information content (AvgIpc) is 3.01. The fourth-order valence-electron chi connectivity index (χ4n) is 3.62. The zero-order chi connectivity index (χ0) is 16.6. The average molecular weight is 327 g/mol. The summed E-state index contributed by atoms with van der Waals surface area (Å²) in [5.74, 6) is 1.66. The Kier molecular flexibility index (Phi) is 3.84. The quantitative estimate of drug-likeness (QED) is 0.863. The summed E-state index contributed by atoms with van der Waals surface area (Å²) in [6, 6.07) is 3.79. The molecule has 2 aliphatic rings. The Bertz CT molecular complexity index is 737. The van der Waals surface area contributed by atoms with Gasteiger partial charge in [0.15, 0.2) is 0 Å². The molecule has 1 aliphatic heterocycles. The van der Waals surface area contributed by atoms with Crippen LogP contribution in [-0.4, -0.2) is 41.0 Å². The number of ether oxygens (including phenoxy) is 1. The maximum atomic E-state index is 13.0. The Morgan fingerprint density at radius 3 is 3.00 bits per heavy atom. The number of amides is 1. The molecule has 6 nitrogen and oxygen atoms in total. The second-order valence-corrected chi connectivity index (χ2v) is 6.67. The zero-order valence-electron chi connectivity index (χ0n) is 13.8. The molecule has 6 heteroatoms. The highest BCUT2D eigenvalue weighted by atomic mass is 16.5. The molecule has 1 amide bonds.